The summed E-state index contributed by atoms with van der Waals surface area (Å²) in [7, 11) is -1.82. The molecule has 2 rings (SSSR count). The third-order valence-electron chi connectivity index (χ3n) is 7.68. The zero-order chi connectivity index (χ0) is 35.5. The summed E-state index contributed by atoms with van der Waals surface area (Å²) in [5.74, 6) is -2.64. The molecular weight excluding hydrogens is 637 g/mol. The van der Waals surface area contributed by atoms with Gasteiger partial charge in [0.2, 0.25) is 11.6 Å². The first kappa shape index (κ1) is 39.7. The van der Waals surface area contributed by atoms with E-state index in [4.69, 9.17) is 29.7 Å². The Kier molecular flexibility index (Phi) is 15.4. The number of carbonyl (C=O) groups is 4. The number of Topliss-reactive ketones (excluding diaryl/α,β-unsaturated/α-hetero) is 1. The number of rotatable bonds is 9. The van der Waals surface area contributed by atoms with Gasteiger partial charge in [-0.25, -0.2) is 9.36 Å². The maximum atomic E-state index is 13.7. The predicted molar refractivity (Wildman–Crippen MR) is 170 cm³/mol. The molecule has 1 aliphatic carbocycles. The second-order valence-electron chi connectivity index (χ2n) is 11.5. The van der Waals surface area contributed by atoms with Gasteiger partial charge in [-0.2, -0.15) is 0 Å². The highest BCUT2D eigenvalue weighted by molar-refractivity contribution is 7.46. The number of nitrogens with two attached hydrogens (primary N) is 1. The van der Waals surface area contributed by atoms with E-state index in [1.807, 2.05) is 6.92 Å². The Labute approximate surface area is 274 Å². The number of primary amides is 1. The molecule has 1 heterocycles. The Bertz CT molecular complexity index is 1380. The van der Waals surface area contributed by atoms with E-state index < -0.39 is 61.7 Å². The van der Waals surface area contributed by atoms with E-state index in [2.05, 4.69) is 15.2 Å². The molecule has 0 aromatic carbocycles. The van der Waals surface area contributed by atoms with Gasteiger partial charge in [-0.15, -0.1) is 0 Å². The molecule has 0 saturated heterocycles. The summed E-state index contributed by atoms with van der Waals surface area (Å²) in [5, 5.41) is 16.7. The fourth-order valence-electron chi connectivity index (χ4n) is 5.25. The highest BCUT2D eigenvalue weighted by Crippen LogP contribution is 2.35. The van der Waals surface area contributed by atoms with Gasteiger partial charge in [0.1, 0.15) is 6.10 Å². The minimum Gasteiger partial charge on any atom is -0.439 e. The lowest BCUT2D eigenvalue weighted by atomic mass is 9.85. The number of phosphoric acid groups is 1. The van der Waals surface area contributed by atoms with Crippen LogP contribution in [-0.4, -0.2) is 90.2 Å². The van der Waals surface area contributed by atoms with E-state index in [9.17, 15) is 28.8 Å². The predicted octanol–water partition coefficient (Wildman–Crippen LogP) is 1.85. The molecule has 7 N–H and O–H groups in total. The minimum absolute atomic E-state index is 0.00957. The van der Waals surface area contributed by atoms with Crippen LogP contribution >= 0.6 is 7.82 Å². The van der Waals surface area contributed by atoms with Crippen LogP contribution in [0.3, 0.4) is 0 Å². The summed E-state index contributed by atoms with van der Waals surface area (Å²) in [6, 6.07) is 0. The second kappa shape index (κ2) is 18.2. The Morgan fingerprint density at radius 2 is 1.83 bits per heavy atom. The smallest absolute Gasteiger partial charge is 0.439 e. The number of ketones is 2. The number of amides is 2. The van der Waals surface area contributed by atoms with Crippen LogP contribution < -0.4 is 16.4 Å². The van der Waals surface area contributed by atoms with Crippen LogP contribution in [0.2, 0.25) is 0 Å². The molecule has 2 aliphatic rings. The van der Waals surface area contributed by atoms with Crippen molar-refractivity contribution >= 4 is 31.4 Å². The highest BCUT2D eigenvalue weighted by Gasteiger charge is 2.33. The Morgan fingerprint density at radius 1 is 1.15 bits per heavy atom. The van der Waals surface area contributed by atoms with Gasteiger partial charge in [-0.1, -0.05) is 38.2 Å². The molecule has 0 unspecified atom stereocenters. The number of nitrogens with one attached hydrogen (secondary N) is 2. The monoisotopic (exact) mass is 683 g/mol. The van der Waals surface area contributed by atoms with Crippen molar-refractivity contribution in [2.24, 2.45) is 17.6 Å². The minimum atomic E-state index is -4.67. The summed E-state index contributed by atoms with van der Waals surface area (Å²) < 4.78 is 31.9. The maximum absolute atomic E-state index is 13.7. The average molecular weight is 684 g/mol. The molecule has 0 spiro atoms. The van der Waals surface area contributed by atoms with Crippen molar-refractivity contribution in [1.29, 1.82) is 0 Å². The van der Waals surface area contributed by atoms with Crippen molar-refractivity contribution in [3.8, 4) is 0 Å². The third-order valence-corrected chi connectivity index (χ3v) is 8.19. The lowest BCUT2D eigenvalue weighted by Gasteiger charge is -2.30. The van der Waals surface area contributed by atoms with Crippen LogP contribution in [0.4, 0.5) is 4.79 Å². The number of carbonyl (C=O) groups excluding carboxylic acids is 4. The van der Waals surface area contributed by atoms with Crippen molar-refractivity contribution in [2.45, 2.75) is 71.4 Å². The zero-order valence-corrected chi connectivity index (χ0v) is 28.3. The quantitative estimate of drug-likeness (QED) is 0.0883. The molecule has 2 bridgehead atoms. The van der Waals surface area contributed by atoms with Gasteiger partial charge in [0, 0.05) is 43.9 Å². The summed E-state index contributed by atoms with van der Waals surface area (Å²) >= 11 is 0. The number of methoxy groups -OCH3 is 2. The SMILES string of the molecule is CO[C@H]1/C=C/C=C(/C)C(=O)NC2=CC(=O)C(NCCCOP(=O)(O)O)=C(C[C@@H](C)C[C@H](OC)[C@H](O)[C@@H](C)/C=C(\C)[C@@H]1OC(N)=O)C2=O. The van der Waals surface area contributed by atoms with Gasteiger partial charge < -0.3 is 45.5 Å². The van der Waals surface area contributed by atoms with Crippen LogP contribution in [0.15, 0.2) is 58.5 Å². The Morgan fingerprint density at radius 3 is 2.43 bits per heavy atom. The van der Waals surface area contributed by atoms with Gasteiger partial charge in [-0.05, 0) is 44.6 Å². The number of allylic oxidation sites excluding steroid dienone is 4. The molecule has 0 fully saturated rings. The second-order valence-corrected chi connectivity index (χ2v) is 12.8. The Balaban J connectivity index is 2.54. The van der Waals surface area contributed by atoms with Gasteiger partial charge in [-0.3, -0.25) is 18.9 Å². The molecule has 15 nitrogen and oxygen atoms in total. The largest absolute Gasteiger partial charge is 0.469 e. The maximum Gasteiger partial charge on any atom is 0.469 e. The number of aliphatic hydroxyl groups is 1. The molecular formula is C31H46N3O12P. The molecule has 0 aromatic heterocycles. The molecule has 262 valence electrons. The van der Waals surface area contributed by atoms with Crippen LogP contribution in [-0.2, 0) is 37.7 Å². The van der Waals surface area contributed by atoms with Crippen molar-refractivity contribution in [1.82, 2.24) is 10.6 Å². The first-order valence-electron chi connectivity index (χ1n) is 15.0. The first-order chi connectivity index (χ1) is 22.0. The van der Waals surface area contributed by atoms with Crippen molar-refractivity contribution in [3.05, 3.63) is 58.5 Å². The molecule has 16 heteroatoms. The summed E-state index contributed by atoms with van der Waals surface area (Å²) in [6.45, 7) is 6.54. The van der Waals surface area contributed by atoms with Crippen molar-refractivity contribution in [3.63, 3.8) is 0 Å². The summed E-state index contributed by atoms with van der Waals surface area (Å²) in [6.07, 6.45) is 3.14. The van der Waals surface area contributed by atoms with E-state index in [1.54, 1.807) is 26.0 Å². The van der Waals surface area contributed by atoms with Crippen LogP contribution in [0.1, 0.15) is 47.0 Å². The Hall–Kier alpha value is -3.43. The third kappa shape index (κ3) is 12.3. The molecule has 0 aromatic rings. The van der Waals surface area contributed by atoms with Crippen molar-refractivity contribution < 1.29 is 57.4 Å². The fourth-order valence-corrected chi connectivity index (χ4v) is 5.61. The topological polar surface area (TPSA) is 233 Å². The number of fused-ring (bicyclic) bond motifs is 2. The molecule has 1 aliphatic heterocycles. The molecule has 0 radical (unpaired) electrons. The van der Waals surface area contributed by atoms with Crippen LogP contribution in [0.5, 0.6) is 0 Å². The number of hydrogen-bond donors (Lipinski definition) is 6. The molecule has 47 heavy (non-hydrogen) atoms. The van der Waals surface area contributed by atoms with Gasteiger partial charge in [0.05, 0.1) is 30.2 Å². The first-order valence-corrected chi connectivity index (χ1v) is 16.5. The lowest BCUT2D eigenvalue weighted by molar-refractivity contribution is -0.120. The number of aliphatic hydroxyl groups excluding tert-OH is 1. The number of hydrogen-bond acceptors (Lipinski definition) is 11. The normalized spacial score (nSPS) is 30.0. The molecule has 0 saturated carbocycles. The van der Waals surface area contributed by atoms with E-state index >= 15 is 0 Å². The molecule has 6 atom stereocenters. The van der Waals surface area contributed by atoms with Gasteiger partial charge in [0.15, 0.2) is 6.10 Å². The van der Waals surface area contributed by atoms with E-state index in [1.165, 1.54) is 33.3 Å². The summed E-state index contributed by atoms with van der Waals surface area (Å²) in [4.78, 5) is 69.5. The molecule has 2 amide bonds. The lowest BCUT2D eigenvalue weighted by Crippen LogP contribution is -2.38. The van der Waals surface area contributed by atoms with E-state index in [0.717, 1.165) is 6.08 Å². The van der Waals surface area contributed by atoms with Gasteiger partial charge in [0.25, 0.3) is 5.91 Å². The number of phosphoric ester groups is 1. The zero-order valence-electron chi connectivity index (χ0n) is 27.4. The number of ether oxygens (including phenoxy) is 3. The van der Waals surface area contributed by atoms with Crippen LogP contribution in [0.25, 0.3) is 0 Å². The highest BCUT2D eigenvalue weighted by atomic mass is 31.2. The fraction of sp³-hybridized carbons (Fsp3) is 0.548. The van der Waals surface area contributed by atoms with Crippen molar-refractivity contribution in [2.75, 3.05) is 27.4 Å². The standard InChI is InChI=1S/C31H46N3O12P/c1-17-13-21-26(33-11-8-12-45-47(40,41)42)23(35)16-22(28(21)37)34-30(38)18(2)9-7-10-24(43-5)29(46-31(32)39)20(4)15-19(3)27(36)25(14-17)44-6/h7,9-10,15-17,19,24-25,27,29,33,36H,8,11-14H2,1-6H3,(H2,32,39)(H,34,38)(H2,40,41,42)/b10-7+,18-9-,20-15+/t17-,19+,24+,25+,27-,29+/m1/s1. The van der Waals surface area contributed by atoms with Gasteiger partial charge >= 0.3 is 13.9 Å². The van der Waals surface area contributed by atoms with E-state index in [0.29, 0.717) is 5.57 Å². The van der Waals surface area contributed by atoms with E-state index in [-0.39, 0.29) is 60.9 Å². The average Bonchev–Trinajstić information content (AvgIpc) is 2.98. The summed E-state index contributed by atoms with van der Waals surface area (Å²) in [5.41, 5.74) is 5.92. The van der Waals surface area contributed by atoms with Crippen LogP contribution in [0, 0.1) is 11.8 Å².